The van der Waals surface area contributed by atoms with E-state index < -0.39 is 11.9 Å². The number of halogens is 1. The van der Waals surface area contributed by atoms with Gasteiger partial charge in [0.2, 0.25) is 0 Å². The monoisotopic (exact) mass is 436 g/mol. The minimum absolute atomic E-state index is 0.00958. The first-order chi connectivity index (χ1) is 15.0. The average molecular weight is 437 g/mol. The second kappa shape index (κ2) is 8.45. The van der Waals surface area contributed by atoms with Gasteiger partial charge in [0.15, 0.2) is 5.69 Å². The highest BCUT2D eigenvalue weighted by Crippen LogP contribution is 2.32. The summed E-state index contributed by atoms with van der Waals surface area (Å²) in [6.07, 6.45) is 5.03. The van der Waals surface area contributed by atoms with Crippen molar-refractivity contribution in [3.8, 4) is 22.6 Å². The van der Waals surface area contributed by atoms with E-state index in [0.717, 1.165) is 0 Å². The van der Waals surface area contributed by atoms with Crippen LogP contribution in [0.3, 0.4) is 0 Å². The van der Waals surface area contributed by atoms with Crippen molar-refractivity contribution in [1.29, 1.82) is 0 Å². The normalized spacial score (nSPS) is 10.7. The molecule has 156 valence electrons. The lowest BCUT2D eigenvalue weighted by atomic mass is 10.0. The summed E-state index contributed by atoms with van der Waals surface area (Å²) in [7, 11) is 2.48. The van der Waals surface area contributed by atoms with E-state index in [1.165, 1.54) is 18.9 Å². The summed E-state index contributed by atoms with van der Waals surface area (Å²) >= 11 is 6.50. The van der Waals surface area contributed by atoms with Crippen LogP contribution in [-0.4, -0.2) is 45.5 Å². The van der Waals surface area contributed by atoms with Crippen molar-refractivity contribution in [2.45, 2.75) is 0 Å². The Bertz CT molecular complexity index is 1250. The molecule has 9 heteroatoms. The number of hydrogen-bond donors (Lipinski definition) is 0. The predicted octanol–water partition coefficient (Wildman–Crippen LogP) is 3.95. The Balaban J connectivity index is 1.96. The maximum Gasteiger partial charge on any atom is 0.357 e. The number of para-hydroxylation sites is 1. The van der Waals surface area contributed by atoms with Crippen molar-refractivity contribution in [2.24, 2.45) is 0 Å². The van der Waals surface area contributed by atoms with Crippen LogP contribution in [0.5, 0.6) is 0 Å². The van der Waals surface area contributed by atoms with Crippen LogP contribution in [0.15, 0.2) is 67.3 Å². The summed E-state index contributed by atoms with van der Waals surface area (Å²) < 4.78 is 13.0. The summed E-state index contributed by atoms with van der Waals surface area (Å²) in [5.74, 6) is -1.43. The smallest absolute Gasteiger partial charge is 0.357 e. The third kappa shape index (κ3) is 3.69. The molecule has 0 N–H and O–H groups in total. The number of aromatic nitrogens is 4. The Morgan fingerprint density at radius 1 is 1.00 bits per heavy atom. The fraction of sp³-hybridized carbons (Fsp3) is 0.0909. The third-order valence-electron chi connectivity index (χ3n) is 4.66. The van der Waals surface area contributed by atoms with Crippen molar-refractivity contribution in [1.82, 2.24) is 19.3 Å². The van der Waals surface area contributed by atoms with E-state index in [0.29, 0.717) is 22.0 Å². The number of methoxy groups -OCH3 is 2. The molecule has 0 saturated carbocycles. The molecule has 0 fully saturated rings. The SMILES string of the molecule is COC(=O)c1c(-c2ccc(-n3ccnc3)c(Cl)c2)nn(-c2ccccc2)c1C(=O)OC. The van der Waals surface area contributed by atoms with Crippen LogP contribution in [0.25, 0.3) is 22.6 Å². The molecule has 0 amide bonds. The minimum Gasteiger partial charge on any atom is -0.465 e. The lowest BCUT2D eigenvalue weighted by molar-refractivity contribution is 0.0549. The molecule has 0 aliphatic heterocycles. The van der Waals surface area contributed by atoms with Crippen LogP contribution in [0.4, 0.5) is 0 Å². The zero-order chi connectivity index (χ0) is 22.0. The van der Waals surface area contributed by atoms with E-state index >= 15 is 0 Å². The quantitative estimate of drug-likeness (QED) is 0.440. The molecule has 8 nitrogen and oxygen atoms in total. The molecule has 0 saturated heterocycles. The number of carbonyl (C=O) groups is 2. The van der Waals surface area contributed by atoms with Crippen molar-refractivity contribution < 1.29 is 19.1 Å². The van der Waals surface area contributed by atoms with Crippen LogP contribution in [0, 0.1) is 0 Å². The van der Waals surface area contributed by atoms with Gasteiger partial charge in [-0.25, -0.2) is 19.3 Å². The van der Waals surface area contributed by atoms with Gasteiger partial charge in [-0.05, 0) is 24.3 Å². The molecule has 0 spiro atoms. The summed E-state index contributed by atoms with van der Waals surface area (Å²) in [6, 6.07) is 14.2. The molecule has 0 aliphatic carbocycles. The Hall–Kier alpha value is -3.91. The zero-order valence-corrected chi connectivity index (χ0v) is 17.4. The molecule has 31 heavy (non-hydrogen) atoms. The lowest BCUT2D eigenvalue weighted by Gasteiger charge is -2.08. The van der Waals surface area contributed by atoms with Gasteiger partial charge in [-0.15, -0.1) is 0 Å². The van der Waals surface area contributed by atoms with E-state index in [1.807, 2.05) is 6.07 Å². The highest BCUT2D eigenvalue weighted by molar-refractivity contribution is 6.32. The minimum atomic E-state index is -0.718. The van der Waals surface area contributed by atoms with Gasteiger partial charge in [-0.2, -0.15) is 5.10 Å². The van der Waals surface area contributed by atoms with Gasteiger partial charge < -0.3 is 14.0 Å². The van der Waals surface area contributed by atoms with Crippen molar-refractivity contribution in [3.63, 3.8) is 0 Å². The molecule has 0 unspecified atom stereocenters. The number of hydrogen-bond acceptors (Lipinski definition) is 6. The number of esters is 2. The number of nitrogens with zero attached hydrogens (tertiary/aromatic N) is 4. The van der Waals surface area contributed by atoms with E-state index in [9.17, 15) is 9.59 Å². The molecule has 0 aliphatic rings. The maximum atomic E-state index is 12.7. The first-order valence-corrected chi connectivity index (χ1v) is 9.56. The first kappa shape index (κ1) is 20.4. The Morgan fingerprint density at radius 3 is 2.35 bits per heavy atom. The fourth-order valence-electron chi connectivity index (χ4n) is 3.22. The molecule has 2 aromatic heterocycles. The van der Waals surface area contributed by atoms with Gasteiger partial charge in [0, 0.05) is 18.0 Å². The topological polar surface area (TPSA) is 88.2 Å². The number of carbonyl (C=O) groups excluding carboxylic acids is 2. The summed E-state index contributed by atoms with van der Waals surface area (Å²) in [4.78, 5) is 29.4. The average Bonchev–Trinajstić information content (AvgIpc) is 3.47. The first-order valence-electron chi connectivity index (χ1n) is 9.18. The number of rotatable bonds is 5. The van der Waals surface area contributed by atoms with E-state index in [2.05, 4.69) is 10.1 Å². The molecule has 0 bridgehead atoms. The van der Waals surface area contributed by atoms with Gasteiger partial charge >= 0.3 is 11.9 Å². The highest BCUT2D eigenvalue weighted by atomic mass is 35.5. The number of imidazole rings is 1. The van der Waals surface area contributed by atoms with Gasteiger partial charge in [-0.3, -0.25) is 0 Å². The van der Waals surface area contributed by atoms with Gasteiger partial charge in [0.05, 0.1) is 36.9 Å². The Labute approximate surface area is 182 Å². The molecular weight excluding hydrogens is 420 g/mol. The number of ether oxygens (including phenoxy) is 2. The van der Waals surface area contributed by atoms with E-state index in [1.54, 1.807) is 65.8 Å². The van der Waals surface area contributed by atoms with Crippen molar-refractivity contribution in [3.05, 3.63) is 83.5 Å². The molecule has 4 aromatic rings. The zero-order valence-electron chi connectivity index (χ0n) is 16.7. The van der Waals surface area contributed by atoms with Crippen LogP contribution >= 0.6 is 11.6 Å². The fourth-order valence-corrected chi connectivity index (χ4v) is 3.50. The van der Waals surface area contributed by atoms with Crippen LogP contribution < -0.4 is 0 Å². The van der Waals surface area contributed by atoms with Gasteiger partial charge in [0.1, 0.15) is 11.3 Å². The number of benzene rings is 2. The van der Waals surface area contributed by atoms with E-state index in [4.69, 9.17) is 21.1 Å². The highest BCUT2D eigenvalue weighted by Gasteiger charge is 2.31. The molecule has 4 rings (SSSR count). The van der Waals surface area contributed by atoms with Gasteiger partial charge in [0.25, 0.3) is 0 Å². The summed E-state index contributed by atoms with van der Waals surface area (Å²) in [6.45, 7) is 0. The predicted molar refractivity (Wildman–Crippen MR) is 114 cm³/mol. The van der Waals surface area contributed by atoms with E-state index in [-0.39, 0.29) is 17.0 Å². The van der Waals surface area contributed by atoms with Crippen LogP contribution in [0.2, 0.25) is 5.02 Å². The Kier molecular flexibility index (Phi) is 5.55. The molecule has 2 aromatic carbocycles. The van der Waals surface area contributed by atoms with Crippen molar-refractivity contribution in [2.75, 3.05) is 14.2 Å². The van der Waals surface area contributed by atoms with Crippen LogP contribution in [-0.2, 0) is 9.47 Å². The summed E-state index contributed by atoms with van der Waals surface area (Å²) in [5.41, 5.74) is 2.03. The largest absolute Gasteiger partial charge is 0.465 e. The lowest BCUT2D eigenvalue weighted by Crippen LogP contribution is -2.15. The summed E-state index contributed by atoms with van der Waals surface area (Å²) in [5, 5.41) is 4.98. The second-order valence-corrected chi connectivity index (χ2v) is 6.85. The maximum absolute atomic E-state index is 12.7. The molecule has 0 radical (unpaired) electrons. The molecular formula is C22H17ClN4O4. The van der Waals surface area contributed by atoms with Crippen LogP contribution in [0.1, 0.15) is 20.8 Å². The third-order valence-corrected chi connectivity index (χ3v) is 4.96. The second-order valence-electron chi connectivity index (χ2n) is 6.44. The standard InChI is InChI=1S/C22H17ClN4O4/c1-30-21(28)18-19(14-8-9-17(16(23)12-14)26-11-10-24-13-26)25-27(20(18)22(29)31-2)15-6-4-3-5-7-15/h3-13H,1-2H3. The van der Waals surface area contributed by atoms with Gasteiger partial charge in [-0.1, -0.05) is 35.9 Å². The molecule has 0 atom stereocenters. The Morgan fingerprint density at radius 2 is 1.74 bits per heavy atom. The van der Waals surface area contributed by atoms with Crippen molar-refractivity contribution >= 4 is 23.5 Å². The molecule has 2 heterocycles.